The van der Waals surface area contributed by atoms with Crippen molar-refractivity contribution in [2.24, 2.45) is 0 Å². The molecule has 1 saturated heterocycles. The molecule has 1 aliphatic rings. The van der Waals surface area contributed by atoms with Crippen LogP contribution in [-0.2, 0) is 6.61 Å². The van der Waals surface area contributed by atoms with Gasteiger partial charge in [-0.1, -0.05) is 6.08 Å². The molecule has 0 aromatic carbocycles. The molecule has 4 nitrogen and oxygen atoms in total. The number of hydrogen-bond acceptors (Lipinski definition) is 4. The van der Waals surface area contributed by atoms with Gasteiger partial charge < -0.3 is 14.8 Å². The second-order valence-electron chi connectivity index (χ2n) is 3.93. The average Bonchev–Trinajstić information content (AvgIpc) is 2.80. The molecule has 1 atom stereocenters. The van der Waals surface area contributed by atoms with Crippen molar-refractivity contribution >= 4 is 24.8 Å². The maximum atomic E-state index is 8.97. The third-order valence-electron chi connectivity index (χ3n) is 2.90. The average molecular weight is 295 g/mol. The fourth-order valence-electron chi connectivity index (χ4n) is 2.04. The van der Waals surface area contributed by atoms with E-state index in [0.717, 1.165) is 31.9 Å². The summed E-state index contributed by atoms with van der Waals surface area (Å²) >= 11 is 0. The third-order valence-corrected chi connectivity index (χ3v) is 2.90. The Balaban J connectivity index is 0.00000144. The van der Waals surface area contributed by atoms with E-state index in [0.29, 0.717) is 5.76 Å². The van der Waals surface area contributed by atoms with Gasteiger partial charge >= 0.3 is 0 Å². The van der Waals surface area contributed by atoms with Crippen LogP contribution in [0.25, 0.3) is 0 Å². The van der Waals surface area contributed by atoms with Crippen molar-refractivity contribution in [3.05, 3.63) is 36.3 Å². The summed E-state index contributed by atoms with van der Waals surface area (Å²) in [6.07, 6.45) is 1.89. The fourth-order valence-corrected chi connectivity index (χ4v) is 2.04. The van der Waals surface area contributed by atoms with Gasteiger partial charge in [-0.05, 0) is 12.1 Å². The predicted octanol–water partition coefficient (Wildman–Crippen LogP) is 1.75. The Hall–Kier alpha value is -0.520. The fraction of sp³-hybridized carbons (Fsp3) is 0.500. The van der Waals surface area contributed by atoms with Crippen molar-refractivity contribution < 1.29 is 9.52 Å². The lowest BCUT2D eigenvalue weighted by Gasteiger charge is -2.31. The van der Waals surface area contributed by atoms with Gasteiger partial charge in [-0.15, -0.1) is 31.4 Å². The SMILES string of the molecule is C=C[C@@H](c1ccc(CO)o1)N1CCNCC1.Cl.Cl. The van der Waals surface area contributed by atoms with Crippen molar-refractivity contribution in [1.82, 2.24) is 10.2 Å². The number of aliphatic hydroxyl groups excluding tert-OH is 1. The highest BCUT2D eigenvalue weighted by Crippen LogP contribution is 2.24. The number of nitrogens with one attached hydrogen (secondary N) is 1. The van der Waals surface area contributed by atoms with Gasteiger partial charge in [-0.2, -0.15) is 0 Å². The summed E-state index contributed by atoms with van der Waals surface area (Å²) in [5.74, 6) is 1.47. The van der Waals surface area contributed by atoms with E-state index in [9.17, 15) is 0 Å². The molecule has 0 bridgehead atoms. The Kier molecular flexibility index (Phi) is 8.31. The predicted molar refractivity (Wildman–Crippen MR) is 76.5 cm³/mol. The molecule has 0 aliphatic carbocycles. The zero-order valence-electron chi connectivity index (χ0n) is 10.2. The first kappa shape index (κ1) is 17.5. The van der Waals surface area contributed by atoms with Crippen LogP contribution in [0.2, 0.25) is 0 Å². The summed E-state index contributed by atoms with van der Waals surface area (Å²) < 4.78 is 5.56. The minimum absolute atomic E-state index is 0. The first-order valence-corrected chi connectivity index (χ1v) is 5.62. The second kappa shape index (κ2) is 8.56. The molecule has 1 aromatic rings. The van der Waals surface area contributed by atoms with Gasteiger partial charge in [0.25, 0.3) is 0 Å². The summed E-state index contributed by atoms with van der Waals surface area (Å²) in [6, 6.07) is 3.84. The molecule has 0 spiro atoms. The van der Waals surface area contributed by atoms with E-state index in [1.165, 1.54) is 0 Å². The van der Waals surface area contributed by atoms with E-state index < -0.39 is 0 Å². The smallest absolute Gasteiger partial charge is 0.129 e. The summed E-state index contributed by atoms with van der Waals surface area (Å²) in [5.41, 5.74) is 0. The van der Waals surface area contributed by atoms with Gasteiger partial charge in [-0.3, -0.25) is 4.90 Å². The molecule has 2 N–H and O–H groups in total. The second-order valence-corrected chi connectivity index (χ2v) is 3.93. The number of hydrogen-bond donors (Lipinski definition) is 2. The monoisotopic (exact) mass is 294 g/mol. The molecule has 18 heavy (non-hydrogen) atoms. The normalized spacial score (nSPS) is 17.4. The lowest BCUT2D eigenvalue weighted by atomic mass is 10.1. The summed E-state index contributed by atoms with van der Waals surface area (Å²) in [7, 11) is 0. The standard InChI is InChI=1S/C12H18N2O2.2ClH/c1-2-11(14-7-5-13-6-8-14)12-4-3-10(9-15)16-12;;/h2-4,11,13,15H,1,5-9H2;2*1H/t11-;;/m0../s1. The molecular formula is C12H20Cl2N2O2. The molecule has 0 unspecified atom stereocenters. The lowest BCUT2D eigenvalue weighted by Crippen LogP contribution is -2.44. The molecular weight excluding hydrogens is 275 g/mol. The van der Waals surface area contributed by atoms with E-state index in [2.05, 4.69) is 16.8 Å². The molecule has 6 heteroatoms. The van der Waals surface area contributed by atoms with Crippen molar-refractivity contribution in [1.29, 1.82) is 0 Å². The number of aliphatic hydroxyl groups is 1. The van der Waals surface area contributed by atoms with Crippen LogP contribution in [0, 0.1) is 0 Å². The van der Waals surface area contributed by atoms with Crippen LogP contribution in [-0.4, -0.2) is 36.2 Å². The van der Waals surface area contributed by atoms with Crippen LogP contribution in [0.4, 0.5) is 0 Å². The van der Waals surface area contributed by atoms with E-state index in [1.54, 1.807) is 0 Å². The molecule has 104 valence electrons. The molecule has 0 amide bonds. The summed E-state index contributed by atoms with van der Waals surface area (Å²) in [4.78, 5) is 2.32. The first-order chi connectivity index (χ1) is 7.85. The molecule has 1 fully saturated rings. The van der Waals surface area contributed by atoms with Crippen LogP contribution in [0.15, 0.2) is 29.2 Å². The van der Waals surface area contributed by atoms with E-state index in [1.807, 2.05) is 18.2 Å². The van der Waals surface area contributed by atoms with Crippen LogP contribution in [0.3, 0.4) is 0 Å². The molecule has 1 aliphatic heterocycles. The van der Waals surface area contributed by atoms with Gasteiger partial charge in [0.1, 0.15) is 18.1 Å². The van der Waals surface area contributed by atoms with E-state index >= 15 is 0 Å². The van der Waals surface area contributed by atoms with Gasteiger partial charge in [0, 0.05) is 26.2 Å². The minimum Gasteiger partial charge on any atom is -0.462 e. The number of rotatable bonds is 4. The van der Waals surface area contributed by atoms with Crippen LogP contribution in [0.5, 0.6) is 0 Å². The third kappa shape index (κ3) is 4.00. The molecule has 1 aromatic heterocycles. The Labute approximate surface area is 120 Å². The number of furan rings is 1. The highest BCUT2D eigenvalue weighted by molar-refractivity contribution is 5.85. The maximum absolute atomic E-state index is 8.97. The van der Waals surface area contributed by atoms with Crippen LogP contribution < -0.4 is 5.32 Å². The van der Waals surface area contributed by atoms with Crippen molar-refractivity contribution in [2.75, 3.05) is 26.2 Å². The van der Waals surface area contributed by atoms with Crippen LogP contribution >= 0.6 is 24.8 Å². The Morgan fingerprint density at radius 3 is 2.56 bits per heavy atom. The van der Waals surface area contributed by atoms with Crippen molar-refractivity contribution in [2.45, 2.75) is 12.6 Å². The number of halogens is 2. The van der Waals surface area contributed by atoms with E-state index in [4.69, 9.17) is 9.52 Å². The molecule has 2 rings (SSSR count). The van der Waals surface area contributed by atoms with E-state index in [-0.39, 0.29) is 37.5 Å². The molecule has 2 heterocycles. The zero-order valence-corrected chi connectivity index (χ0v) is 11.8. The minimum atomic E-state index is -0.0502. The topological polar surface area (TPSA) is 48.6 Å². The molecule has 0 radical (unpaired) electrons. The van der Waals surface area contributed by atoms with Gasteiger partial charge in [-0.25, -0.2) is 0 Å². The maximum Gasteiger partial charge on any atom is 0.129 e. The van der Waals surface area contributed by atoms with Crippen LogP contribution in [0.1, 0.15) is 17.6 Å². The zero-order chi connectivity index (χ0) is 11.4. The summed E-state index contributed by atoms with van der Waals surface area (Å²) in [6.45, 7) is 7.79. The van der Waals surface area contributed by atoms with Gasteiger partial charge in [0.2, 0.25) is 0 Å². The largest absolute Gasteiger partial charge is 0.462 e. The quantitative estimate of drug-likeness (QED) is 0.831. The summed E-state index contributed by atoms with van der Waals surface area (Å²) in [5, 5.41) is 12.3. The Morgan fingerprint density at radius 2 is 2.06 bits per heavy atom. The Morgan fingerprint density at radius 1 is 1.39 bits per heavy atom. The number of nitrogens with zero attached hydrogens (tertiary/aromatic N) is 1. The highest BCUT2D eigenvalue weighted by atomic mass is 35.5. The first-order valence-electron chi connectivity index (χ1n) is 5.62. The lowest BCUT2D eigenvalue weighted by molar-refractivity contribution is 0.177. The van der Waals surface area contributed by atoms with Crippen molar-refractivity contribution in [3.63, 3.8) is 0 Å². The Bertz CT molecular complexity index is 352. The van der Waals surface area contributed by atoms with Crippen molar-refractivity contribution in [3.8, 4) is 0 Å². The van der Waals surface area contributed by atoms with Gasteiger partial charge in [0.05, 0.1) is 6.04 Å². The molecule has 0 saturated carbocycles. The van der Waals surface area contributed by atoms with Gasteiger partial charge in [0.15, 0.2) is 0 Å². The highest BCUT2D eigenvalue weighted by Gasteiger charge is 2.21. The number of piperazine rings is 1.